The molecule has 0 unspecified atom stereocenters. The second-order valence-corrected chi connectivity index (χ2v) is 3.97. The van der Waals surface area contributed by atoms with Crippen LogP contribution in [0.3, 0.4) is 0 Å². The minimum atomic E-state index is 0.969. The van der Waals surface area contributed by atoms with Gasteiger partial charge in [-0.15, -0.1) is 0 Å². The molecular weight excluding hydrogens is 184 g/mol. The van der Waals surface area contributed by atoms with E-state index >= 15 is 0 Å². The zero-order valence-electron chi connectivity index (χ0n) is 9.68. The first kappa shape index (κ1) is 9.97. The zero-order chi connectivity index (χ0) is 11.0. The van der Waals surface area contributed by atoms with Gasteiger partial charge in [-0.3, -0.25) is 0 Å². The van der Waals surface area contributed by atoms with Gasteiger partial charge < -0.3 is 5.32 Å². The number of aryl methyl sites for hydroxylation is 3. The maximum atomic E-state index is 4.36. The van der Waals surface area contributed by atoms with E-state index in [1.54, 1.807) is 0 Å². The third-order valence-electron chi connectivity index (χ3n) is 3.01. The van der Waals surface area contributed by atoms with Gasteiger partial charge in [0.25, 0.3) is 0 Å². The molecule has 2 heteroatoms. The van der Waals surface area contributed by atoms with Crippen molar-refractivity contribution in [2.24, 2.45) is 0 Å². The molecule has 0 bridgehead atoms. The molecule has 1 aromatic heterocycles. The van der Waals surface area contributed by atoms with Crippen LogP contribution in [0.2, 0.25) is 0 Å². The van der Waals surface area contributed by atoms with E-state index in [0.717, 1.165) is 5.82 Å². The Kier molecular flexibility index (Phi) is 2.35. The quantitative estimate of drug-likeness (QED) is 0.764. The topological polar surface area (TPSA) is 24.9 Å². The highest BCUT2D eigenvalue weighted by Crippen LogP contribution is 2.29. The number of nitrogens with zero attached hydrogens (tertiary/aromatic N) is 1. The molecule has 2 rings (SSSR count). The smallest absolute Gasteiger partial charge is 0.133 e. The number of nitrogens with one attached hydrogen (secondary N) is 1. The average molecular weight is 200 g/mol. The van der Waals surface area contributed by atoms with E-state index in [2.05, 4.69) is 43.2 Å². The lowest BCUT2D eigenvalue weighted by molar-refractivity contribution is 1.28. The molecule has 0 spiro atoms. The van der Waals surface area contributed by atoms with Gasteiger partial charge >= 0.3 is 0 Å². The minimum absolute atomic E-state index is 0.969. The van der Waals surface area contributed by atoms with Crippen molar-refractivity contribution in [3.8, 4) is 0 Å². The predicted octanol–water partition coefficient (Wildman–Crippen LogP) is 3.20. The zero-order valence-corrected chi connectivity index (χ0v) is 9.68. The summed E-state index contributed by atoms with van der Waals surface area (Å²) >= 11 is 0. The average Bonchev–Trinajstić information content (AvgIpc) is 2.25. The van der Waals surface area contributed by atoms with Gasteiger partial charge in [-0.25, -0.2) is 4.98 Å². The maximum Gasteiger partial charge on any atom is 0.133 e. The number of benzene rings is 1. The van der Waals surface area contributed by atoms with Gasteiger partial charge in [-0.2, -0.15) is 0 Å². The Morgan fingerprint density at radius 2 is 1.87 bits per heavy atom. The molecule has 0 radical (unpaired) electrons. The summed E-state index contributed by atoms with van der Waals surface area (Å²) in [7, 11) is 1.92. The normalized spacial score (nSPS) is 10.7. The summed E-state index contributed by atoms with van der Waals surface area (Å²) in [5.41, 5.74) is 3.95. The van der Waals surface area contributed by atoms with E-state index in [1.165, 1.54) is 27.5 Å². The van der Waals surface area contributed by atoms with Crippen molar-refractivity contribution in [3.63, 3.8) is 0 Å². The number of pyridine rings is 1. The Morgan fingerprint density at radius 1 is 1.13 bits per heavy atom. The van der Waals surface area contributed by atoms with Crippen molar-refractivity contribution in [1.82, 2.24) is 4.98 Å². The number of anilines is 1. The molecule has 15 heavy (non-hydrogen) atoms. The highest BCUT2D eigenvalue weighted by molar-refractivity contribution is 5.97. The molecule has 1 N–H and O–H groups in total. The number of fused-ring (bicyclic) bond motifs is 1. The second kappa shape index (κ2) is 3.54. The monoisotopic (exact) mass is 200 g/mol. The van der Waals surface area contributed by atoms with Crippen molar-refractivity contribution in [2.45, 2.75) is 20.8 Å². The number of rotatable bonds is 1. The fraction of sp³-hybridized carbons (Fsp3) is 0.308. The maximum absolute atomic E-state index is 4.36. The lowest BCUT2D eigenvalue weighted by Gasteiger charge is -2.12. The SMILES string of the molecule is CNc1nccc2c(C)cc(C)c(C)c12. The molecule has 0 aliphatic rings. The van der Waals surface area contributed by atoms with Crippen LogP contribution in [0.5, 0.6) is 0 Å². The molecule has 0 aliphatic carbocycles. The van der Waals surface area contributed by atoms with Gasteiger partial charge in [0, 0.05) is 18.6 Å². The van der Waals surface area contributed by atoms with E-state index < -0.39 is 0 Å². The molecule has 0 amide bonds. The minimum Gasteiger partial charge on any atom is -0.373 e. The summed E-state index contributed by atoms with van der Waals surface area (Å²) < 4.78 is 0. The molecule has 0 saturated heterocycles. The van der Waals surface area contributed by atoms with Crippen molar-refractivity contribution in [1.29, 1.82) is 0 Å². The van der Waals surface area contributed by atoms with Crippen LogP contribution in [0, 0.1) is 20.8 Å². The van der Waals surface area contributed by atoms with Gasteiger partial charge in [-0.1, -0.05) is 6.07 Å². The molecule has 1 heterocycles. The lowest BCUT2D eigenvalue weighted by atomic mass is 9.98. The molecule has 0 atom stereocenters. The molecule has 2 aromatic rings. The summed E-state index contributed by atoms with van der Waals surface area (Å²) in [6.07, 6.45) is 1.86. The highest BCUT2D eigenvalue weighted by atomic mass is 14.9. The van der Waals surface area contributed by atoms with E-state index in [0.29, 0.717) is 0 Å². The van der Waals surface area contributed by atoms with Crippen LogP contribution in [0.25, 0.3) is 10.8 Å². The molecule has 78 valence electrons. The Morgan fingerprint density at radius 3 is 2.53 bits per heavy atom. The molecule has 0 fully saturated rings. The second-order valence-electron chi connectivity index (χ2n) is 3.97. The van der Waals surface area contributed by atoms with Gasteiger partial charge in [0.05, 0.1) is 0 Å². The van der Waals surface area contributed by atoms with Gasteiger partial charge in [0.1, 0.15) is 5.82 Å². The van der Waals surface area contributed by atoms with Crippen LogP contribution >= 0.6 is 0 Å². The van der Waals surface area contributed by atoms with E-state index in [-0.39, 0.29) is 0 Å². The fourth-order valence-electron chi connectivity index (χ4n) is 2.07. The largest absolute Gasteiger partial charge is 0.373 e. The van der Waals surface area contributed by atoms with Gasteiger partial charge in [0.2, 0.25) is 0 Å². The summed E-state index contributed by atoms with van der Waals surface area (Å²) in [6, 6.07) is 4.31. The van der Waals surface area contributed by atoms with Gasteiger partial charge in [-0.05, 0) is 48.9 Å². The Labute approximate surface area is 90.3 Å². The fourth-order valence-corrected chi connectivity index (χ4v) is 2.07. The van der Waals surface area contributed by atoms with Crippen LogP contribution < -0.4 is 5.32 Å². The third kappa shape index (κ3) is 1.46. The van der Waals surface area contributed by atoms with E-state index in [4.69, 9.17) is 0 Å². The number of aromatic nitrogens is 1. The van der Waals surface area contributed by atoms with E-state index in [9.17, 15) is 0 Å². The van der Waals surface area contributed by atoms with Crippen molar-refractivity contribution >= 4 is 16.6 Å². The van der Waals surface area contributed by atoms with Crippen LogP contribution in [-0.2, 0) is 0 Å². The molecule has 0 saturated carbocycles. The summed E-state index contributed by atoms with van der Waals surface area (Å²) in [6.45, 7) is 6.45. The van der Waals surface area contributed by atoms with Crippen molar-refractivity contribution in [2.75, 3.05) is 12.4 Å². The number of hydrogen-bond donors (Lipinski definition) is 1. The van der Waals surface area contributed by atoms with Gasteiger partial charge in [0.15, 0.2) is 0 Å². The Bertz CT molecular complexity index is 515. The van der Waals surface area contributed by atoms with E-state index in [1.807, 2.05) is 13.2 Å². The summed E-state index contributed by atoms with van der Waals surface area (Å²) in [4.78, 5) is 4.36. The van der Waals surface area contributed by atoms with Crippen LogP contribution in [0.1, 0.15) is 16.7 Å². The third-order valence-corrected chi connectivity index (χ3v) is 3.01. The lowest BCUT2D eigenvalue weighted by Crippen LogP contribution is -1.97. The standard InChI is InChI=1S/C13H16N2/c1-8-7-9(2)11-5-6-15-13(14-4)12(11)10(8)3/h5-7H,1-4H3,(H,14,15). The van der Waals surface area contributed by atoms with Crippen LogP contribution in [0.4, 0.5) is 5.82 Å². The molecular formula is C13H16N2. The van der Waals surface area contributed by atoms with Crippen LogP contribution in [-0.4, -0.2) is 12.0 Å². The first-order chi connectivity index (χ1) is 7.15. The predicted molar refractivity (Wildman–Crippen MR) is 65.5 cm³/mol. The first-order valence-corrected chi connectivity index (χ1v) is 5.18. The summed E-state index contributed by atoms with van der Waals surface area (Å²) in [5, 5.41) is 5.69. The Hall–Kier alpha value is -1.57. The summed E-state index contributed by atoms with van der Waals surface area (Å²) in [5.74, 6) is 0.969. The highest BCUT2D eigenvalue weighted by Gasteiger charge is 2.08. The number of hydrogen-bond acceptors (Lipinski definition) is 2. The Balaban J connectivity index is 2.96. The first-order valence-electron chi connectivity index (χ1n) is 5.18. The van der Waals surface area contributed by atoms with Crippen molar-refractivity contribution < 1.29 is 0 Å². The molecule has 1 aromatic carbocycles. The van der Waals surface area contributed by atoms with Crippen LogP contribution in [0.15, 0.2) is 18.3 Å². The molecule has 2 nitrogen and oxygen atoms in total. The molecule has 0 aliphatic heterocycles. The van der Waals surface area contributed by atoms with Crippen molar-refractivity contribution in [3.05, 3.63) is 35.0 Å².